The molecule has 0 bridgehead atoms. The van der Waals surface area contributed by atoms with Crippen molar-refractivity contribution in [1.29, 1.82) is 0 Å². The van der Waals surface area contributed by atoms with Gasteiger partial charge in [0.05, 0.1) is 18.7 Å². The SMILES string of the molecule is CCCCCCCCCCC(=O)O[C@@H]1[C@@H](CO)O[C@@H](n2ccc(CC(=O)OC(C)(C)C)nc2=O)C1(F)F. The molecule has 0 aromatic carbocycles. The molecule has 3 atom stereocenters. The molecule has 0 radical (unpaired) electrons. The lowest BCUT2D eigenvalue weighted by Gasteiger charge is -2.24. The molecule has 1 saturated heterocycles. The van der Waals surface area contributed by atoms with E-state index in [0.29, 0.717) is 11.0 Å². The number of carbonyl (C=O) groups excluding carboxylic acids is 2. The molecule has 0 saturated carbocycles. The number of aliphatic hydroxyl groups excluding tert-OH is 1. The fourth-order valence-electron chi connectivity index (χ4n) is 4.11. The zero-order chi connectivity index (χ0) is 27.6. The number of rotatable bonds is 14. The second-order valence-corrected chi connectivity index (χ2v) is 10.4. The summed E-state index contributed by atoms with van der Waals surface area (Å²) in [5, 5.41) is 9.58. The van der Waals surface area contributed by atoms with E-state index in [0.717, 1.165) is 31.9 Å². The Kier molecular flexibility index (Phi) is 11.6. The summed E-state index contributed by atoms with van der Waals surface area (Å²) < 4.78 is 46.5. The number of ether oxygens (including phenoxy) is 3. The Morgan fingerprint density at radius 3 is 2.30 bits per heavy atom. The third kappa shape index (κ3) is 9.45. The molecule has 1 fully saturated rings. The first-order chi connectivity index (χ1) is 17.4. The van der Waals surface area contributed by atoms with E-state index >= 15 is 8.78 Å². The van der Waals surface area contributed by atoms with E-state index in [-0.39, 0.29) is 18.5 Å². The molecule has 1 aliphatic rings. The van der Waals surface area contributed by atoms with Crippen molar-refractivity contribution in [3.05, 3.63) is 28.4 Å². The Hall–Kier alpha value is -2.40. The van der Waals surface area contributed by atoms with Gasteiger partial charge in [-0.1, -0.05) is 51.9 Å². The number of hydrogen-bond donors (Lipinski definition) is 1. The van der Waals surface area contributed by atoms with Crippen LogP contribution in [0, 0.1) is 0 Å². The van der Waals surface area contributed by atoms with E-state index in [1.54, 1.807) is 20.8 Å². The number of nitrogens with zero attached hydrogens (tertiary/aromatic N) is 2. The van der Waals surface area contributed by atoms with Gasteiger partial charge in [0, 0.05) is 12.6 Å². The minimum absolute atomic E-state index is 0.0226. The minimum atomic E-state index is -3.81. The van der Waals surface area contributed by atoms with E-state index in [4.69, 9.17) is 14.2 Å². The van der Waals surface area contributed by atoms with Crippen LogP contribution >= 0.6 is 0 Å². The molecular formula is C26H40F2N2O7. The van der Waals surface area contributed by atoms with Crippen LogP contribution in [0.15, 0.2) is 17.1 Å². The van der Waals surface area contributed by atoms with Gasteiger partial charge < -0.3 is 19.3 Å². The number of esters is 2. The number of unbranched alkanes of at least 4 members (excludes halogenated alkanes) is 7. The first kappa shape index (κ1) is 30.8. The first-order valence-electron chi connectivity index (χ1n) is 13.0. The molecule has 9 nitrogen and oxygen atoms in total. The topological polar surface area (TPSA) is 117 Å². The second kappa shape index (κ2) is 13.9. The highest BCUT2D eigenvalue weighted by Crippen LogP contribution is 2.44. The highest BCUT2D eigenvalue weighted by Gasteiger charge is 2.62. The zero-order valence-corrected chi connectivity index (χ0v) is 22.2. The Bertz CT molecular complexity index is 946. The minimum Gasteiger partial charge on any atom is -0.460 e. The predicted molar refractivity (Wildman–Crippen MR) is 131 cm³/mol. The van der Waals surface area contributed by atoms with Crippen molar-refractivity contribution >= 4 is 11.9 Å². The molecule has 1 aliphatic heterocycles. The van der Waals surface area contributed by atoms with Gasteiger partial charge in [0.2, 0.25) is 6.23 Å². The lowest BCUT2D eigenvalue weighted by molar-refractivity contribution is -0.176. The largest absolute Gasteiger partial charge is 0.460 e. The number of aromatic nitrogens is 2. The van der Waals surface area contributed by atoms with Gasteiger partial charge in [0.25, 0.3) is 0 Å². The van der Waals surface area contributed by atoms with Gasteiger partial charge in [-0.25, -0.2) is 4.79 Å². The van der Waals surface area contributed by atoms with Crippen LogP contribution in [-0.2, 0) is 30.2 Å². The van der Waals surface area contributed by atoms with Gasteiger partial charge in [-0.05, 0) is 33.3 Å². The van der Waals surface area contributed by atoms with Crippen molar-refractivity contribution < 1.29 is 37.7 Å². The van der Waals surface area contributed by atoms with Crippen molar-refractivity contribution in [3.63, 3.8) is 0 Å². The molecule has 1 aromatic heterocycles. The van der Waals surface area contributed by atoms with Crippen LogP contribution in [0.5, 0.6) is 0 Å². The summed E-state index contributed by atoms with van der Waals surface area (Å²) in [5.41, 5.74) is -1.76. The Balaban J connectivity index is 1.98. The third-order valence-corrected chi connectivity index (χ3v) is 5.91. The van der Waals surface area contributed by atoms with Gasteiger partial charge in [-0.2, -0.15) is 13.8 Å². The molecule has 2 heterocycles. The van der Waals surface area contributed by atoms with Crippen LogP contribution in [0.1, 0.15) is 97.4 Å². The quantitative estimate of drug-likeness (QED) is 0.282. The lowest BCUT2D eigenvalue weighted by atomic mass is 10.1. The summed E-state index contributed by atoms with van der Waals surface area (Å²) in [4.78, 5) is 40.4. The number of hydrogen-bond acceptors (Lipinski definition) is 8. The molecule has 210 valence electrons. The maximum atomic E-state index is 15.2. The van der Waals surface area contributed by atoms with E-state index in [1.165, 1.54) is 25.3 Å². The Labute approximate surface area is 216 Å². The highest BCUT2D eigenvalue weighted by atomic mass is 19.3. The smallest absolute Gasteiger partial charge is 0.350 e. The number of halogens is 2. The van der Waals surface area contributed by atoms with Crippen molar-refractivity contribution in [2.45, 2.75) is 122 Å². The van der Waals surface area contributed by atoms with Crippen LogP contribution in [0.2, 0.25) is 0 Å². The maximum Gasteiger partial charge on any atom is 0.350 e. The molecular weight excluding hydrogens is 490 g/mol. The van der Waals surface area contributed by atoms with Crippen LogP contribution in [0.25, 0.3) is 0 Å². The first-order valence-corrected chi connectivity index (χ1v) is 13.0. The standard InChI is InChI=1S/C26H40F2N2O7/c1-5-6-7-8-9-10-11-12-13-20(32)36-22-19(17-31)35-23(26(22,27)28)30-15-14-18(29-24(30)34)16-21(33)37-25(2,3)4/h14-15,19,22-23,31H,5-13,16-17H2,1-4H3/t19-,22-,23-/m1/s1. The summed E-state index contributed by atoms with van der Waals surface area (Å²) in [5.74, 6) is -5.24. The number of aliphatic hydroxyl groups is 1. The summed E-state index contributed by atoms with van der Waals surface area (Å²) in [7, 11) is 0. The van der Waals surface area contributed by atoms with Crippen LogP contribution in [-0.4, -0.2) is 56.9 Å². The summed E-state index contributed by atoms with van der Waals surface area (Å²) in [6.45, 7) is 6.37. The molecule has 0 spiro atoms. The monoisotopic (exact) mass is 530 g/mol. The van der Waals surface area contributed by atoms with Gasteiger partial charge in [-0.3, -0.25) is 14.2 Å². The van der Waals surface area contributed by atoms with Gasteiger partial charge in [0.15, 0.2) is 6.10 Å². The highest BCUT2D eigenvalue weighted by molar-refractivity contribution is 5.72. The molecule has 11 heteroatoms. The van der Waals surface area contributed by atoms with Crippen molar-refractivity contribution in [1.82, 2.24) is 9.55 Å². The van der Waals surface area contributed by atoms with Gasteiger partial charge in [-0.15, -0.1) is 0 Å². The molecule has 0 unspecified atom stereocenters. The van der Waals surface area contributed by atoms with E-state index in [2.05, 4.69) is 11.9 Å². The molecule has 2 rings (SSSR count). The van der Waals surface area contributed by atoms with Crippen LogP contribution < -0.4 is 5.69 Å². The maximum absolute atomic E-state index is 15.2. The molecule has 1 N–H and O–H groups in total. The van der Waals surface area contributed by atoms with Gasteiger partial charge >= 0.3 is 23.6 Å². The van der Waals surface area contributed by atoms with Crippen molar-refractivity contribution in [3.8, 4) is 0 Å². The molecule has 0 amide bonds. The molecule has 0 aliphatic carbocycles. The number of carbonyl (C=O) groups is 2. The van der Waals surface area contributed by atoms with E-state index in [9.17, 15) is 19.5 Å². The second-order valence-electron chi connectivity index (χ2n) is 10.4. The summed E-state index contributed by atoms with van der Waals surface area (Å²) in [6.07, 6.45) is 3.02. The molecule has 1 aromatic rings. The Morgan fingerprint density at radius 2 is 1.73 bits per heavy atom. The summed E-state index contributed by atoms with van der Waals surface area (Å²) in [6, 6.07) is 1.24. The average Bonchev–Trinajstić information content (AvgIpc) is 3.04. The fourth-order valence-corrected chi connectivity index (χ4v) is 4.11. The fraction of sp³-hybridized carbons (Fsp3) is 0.769. The molecule has 37 heavy (non-hydrogen) atoms. The van der Waals surface area contributed by atoms with Gasteiger partial charge in [0.1, 0.15) is 11.7 Å². The van der Waals surface area contributed by atoms with Crippen molar-refractivity contribution in [2.75, 3.05) is 6.61 Å². The van der Waals surface area contributed by atoms with E-state index < -0.39 is 54.2 Å². The summed E-state index contributed by atoms with van der Waals surface area (Å²) >= 11 is 0. The predicted octanol–water partition coefficient (Wildman–Crippen LogP) is 4.10. The zero-order valence-electron chi connectivity index (χ0n) is 22.2. The average molecular weight is 531 g/mol. The number of alkyl halides is 2. The van der Waals surface area contributed by atoms with Crippen molar-refractivity contribution in [2.24, 2.45) is 0 Å². The lowest BCUT2D eigenvalue weighted by Crippen LogP contribution is -2.44. The third-order valence-electron chi connectivity index (χ3n) is 5.91. The van der Waals surface area contributed by atoms with Crippen LogP contribution in [0.3, 0.4) is 0 Å². The van der Waals surface area contributed by atoms with Crippen LogP contribution in [0.4, 0.5) is 8.78 Å². The van der Waals surface area contributed by atoms with E-state index in [1.807, 2.05) is 0 Å². The normalized spacial score (nSPS) is 21.1. The Morgan fingerprint density at radius 1 is 1.11 bits per heavy atom.